The van der Waals surface area contributed by atoms with Crippen LogP contribution >= 0.6 is 0 Å². The van der Waals surface area contributed by atoms with Gasteiger partial charge in [0.05, 0.1) is 5.56 Å². The van der Waals surface area contributed by atoms with E-state index in [0.29, 0.717) is 31.1 Å². The van der Waals surface area contributed by atoms with Gasteiger partial charge in [-0.1, -0.05) is 79.8 Å². The van der Waals surface area contributed by atoms with Crippen LogP contribution in [0.1, 0.15) is 81.5 Å². The molecular formula is C37H55N5O2. The summed E-state index contributed by atoms with van der Waals surface area (Å²) in [6, 6.07) is 3.85. The Morgan fingerprint density at radius 2 is 1.36 bits per heavy atom. The Morgan fingerprint density at radius 3 is 1.91 bits per heavy atom. The van der Waals surface area contributed by atoms with Gasteiger partial charge in [-0.05, 0) is 69.9 Å². The van der Waals surface area contributed by atoms with Gasteiger partial charge in [0.25, 0.3) is 5.91 Å². The van der Waals surface area contributed by atoms with E-state index in [-0.39, 0.29) is 11.8 Å². The van der Waals surface area contributed by atoms with Gasteiger partial charge in [-0.15, -0.1) is 0 Å². The molecule has 240 valence electrons. The molecule has 7 nitrogen and oxygen atoms in total. The lowest BCUT2D eigenvalue weighted by molar-refractivity contribution is -0.121. The molecule has 2 amide bonds. The molecule has 7 heteroatoms. The summed E-state index contributed by atoms with van der Waals surface area (Å²) in [6.07, 6.45) is 38.4. The molecular weight excluding hydrogens is 546 g/mol. The van der Waals surface area contributed by atoms with Crippen molar-refractivity contribution in [1.82, 2.24) is 25.8 Å². The van der Waals surface area contributed by atoms with E-state index in [1.165, 1.54) is 0 Å². The highest BCUT2D eigenvalue weighted by atomic mass is 16.2. The average Bonchev–Trinajstić information content (AvgIpc) is 3.05. The molecule has 1 unspecified atom stereocenters. The maximum absolute atomic E-state index is 12.4. The molecule has 1 aromatic heterocycles. The van der Waals surface area contributed by atoms with Crippen LogP contribution in [0.5, 0.6) is 0 Å². The Morgan fingerprint density at radius 1 is 0.818 bits per heavy atom. The van der Waals surface area contributed by atoms with Crippen LogP contribution in [0, 0.1) is 0 Å². The monoisotopic (exact) mass is 601 g/mol. The number of pyridine rings is 1. The Labute approximate surface area is 266 Å². The molecule has 1 aliphatic heterocycles. The zero-order valence-electron chi connectivity index (χ0n) is 26.8. The third kappa shape index (κ3) is 18.9. The van der Waals surface area contributed by atoms with Crippen molar-refractivity contribution in [2.24, 2.45) is 0 Å². The fraction of sp³-hybridized carbons (Fsp3) is 0.486. The van der Waals surface area contributed by atoms with Crippen LogP contribution in [0.2, 0.25) is 0 Å². The van der Waals surface area contributed by atoms with Gasteiger partial charge in [0, 0.05) is 64.1 Å². The molecule has 0 bridgehead atoms. The van der Waals surface area contributed by atoms with Gasteiger partial charge in [0.15, 0.2) is 0 Å². The Balaban J connectivity index is 1.53. The van der Waals surface area contributed by atoms with Crippen molar-refractivity contribution in [3.05, 3.63) is 103 Å². The van der Waals surface area contributed by atoms with Gasteiger partial charge in [0.2, 0.25) is 5.91 Å². The Bertz CT molecular complexity index is 1070. The van der Waals surface area contributed by atoms with E-state index in [1.54, 1.807) is 24.5 Å². The first-order valence-electron chi connectivity index (χ1n) is 16.5. The molecule has 44 heavy (non-hydrogen) atoms. The van der Waals surface area contributed by atoms with Gasteiger partial charge < -0.3 is 16.0 Å². The maximum Gasteiger partial charge on any atom is 0.252 e. The minimum Gasteiger partial charge on any atom is -0.356 e. The molecule has 1 saturated heterocycles. The standard InChI is InChI=1S/C37H55N5O2/c1-2-3-4-5-6-7-8-9-10-11-12-13-14-15-16-17-18-19-20-23-36(43)40-27-24-35(42-31-29-38-30-32-42)25-28-41-37(44)34-22-21-26-39-33-34/h3-4,6-7,9-10,12-13,15-16,18-19,21-22,26,33,35,38H,2,5,8,11,14,17,20,23-25,27-32H2,1H3,(H,40,43)(H,41,44)/b4-3-,7-6-,10-9-,13-12-,16-15-,19-18-. The number of amides is 2. The summed E-state index contributed by atoms with van der Waals surface area (Å²) in [5.74, 6) is -0.00617. The second-order valence-electron chi connectivity index (χ2n) is 10.8. The van der Waals surface area contributed by atoms with E-state index in [4.69, 9.17) is 0 Å². The first-order chi connectivity index (χ1) is 21.7. The van der Waals surface area contributed by atoms with Crippen LogP contribution < -0.4 is 16.0 Å². The van der Waals surface area contributed by atoms with E-state index in [0.717, 1.165) is 84.0 Å². The fourth-order valence-corrected chi connectivity index (χ4v) is 4.83. The number of hydrogen-bond donors (Lipinski definition) is 3. The predicted octanol–water partition coefficient (Wildman–Crippen LogP) is 6.46. The summed E-state index contributed by atoms with van der Waals surface area (Å²) in [4.78, 5) is 31.2. The van der Waals surface area contributed by atoms with Crippen LogP contribution in [0.25, 0.3) is 0 Å². The molecule has 1 aromatic rings. The molecule has 0 radical (unpaired) electrons. The second kappa shape index (κ2) is 25.9. The van der Waals surface area contributed by atoms with Crippen molar-refractivity contribution < 1.29 is 9.59 Å². The van der Waals surface area contributed by atoms with E-state index in [9.17, 15) is 9.59 Å². The summed E-state index contributed by atoms with van der Waals surface area (Å²) in [5.41, 5.74) is 0.574. The largest absolute Gasteiger partial charge is 0.356 e. The first kappa shape index (κ1) is 36.6. The first-order valence-corrected chi connectivity index (χ1v) is 16.5. The lowest BCUT2D eigenvalue weighted by atomic mass is 10.1. The molecule has 0 aliphatic carbocycles. The summed E-state index contributed by atoms with van der Waals surface area (Å²) in [6.45, 7) is 7.30. The Hall–Kier alpha value is -3.55. The second-order valence-corrected chi connectivity index (χ2v) is 10.8. The van der Waals surface area contributed by atoms with Crippen LogP contribution in [0.4, 0.5) is 0 Å². The van der Waals surface area contributed by atoms with E-state index < -0.39 is 0 Å². The zero-order valence-corrected chi connectivity index (χ0v) is 26.8. The molecule has 1 fully saturated rings. The zero-order chi connectivity index (χ0) is 31.3. The van der Waals surface area contributed by atoms with Crippen molar-refractivity contribution in [1.29, 1.82) is 0 Å². The van der Waals surface area contributed by atoms with E-state index in [2.05, 4.69) is 106 Å². The minimum absolute atomic E-state index is 0.0912. The topological polar surface area (TPSA) is 86.4 Å². The third-order valence-electron chi connectivity index (χ3n) is 7.29. The lowest BCUT2D eigenvalue weighted by Gasteiger charge is -2.35. The number of rotatable bonds is 22. The van der Waals surface area contributed by atoms with Crippen molar-refractivity contribution in [3.63, 3.8) is 0 Å². The van der Waals surface area contributed by atoms with Crippen LogP contribution in [-0.4, -0.2) is 67.0 Å². The fourth-order valence-electron chi connectivity index (χ4n) is 4.83. The van der Waals surface area contributed by atoms with Crippen LogP contribution in [-0.2, 0) is 4.79 Å². The number of aromatic nitrogens is 1. The summed E-state index contributed by atoms with van der Waals surface area (Å²) < 4.78 is 0. The molecule has 1 atom stereocenters. The molecule has 2 heterocycles. The third-order valence-corrected chi connectivity index (χ3v) is 7.29. The highest BCUT2D eigenvalue weighted by Crippen LogP contribution is 2.10. The molecule has 2 rings (SSSR count). The van der Waals surface area contributed by atoms with Crippen molar-refractivity contribution >= 4 is 11.8 Å². The van der Waals surface area contributed by atoms with Crippen LogP contribution in [0.15, 0.2) is 97.4 Å². The number of nitrogens with zero attached hydrogens (tertiary/aromatic N) is 2. The van der Waals surface area contributed by atoms with Gasteiger partial charge in [-0.25, -0.2) is 0 Å². The number of piperazine rings is 1. The average molecular weight is 602 g/mol. The highest BCUT2D eigenvalue weighted by Gasteiger charge is 2.20. The van der Waals surface area contributed by atoms with E-state index in [1.807, 2.05) is 0 Å². The number of hydrogen-bond acceptors (Lipinski definition) is 5. The van der Waals surface area contributed by atoms with Gasteiger partial charge >= 0.3 is 0 Å². The molecule has 1 aliphatic rings. The minimum atomic E-state index is -0.0973. The molecule has 0 spiro atoms. The van der Waals surface area contributed by atoms with Crippen molar-refractivity contribution in [3.8, 4) is 0 Å². The van der Waals surface area contributed by atoms with Crippen LogP contribution in [0.3, 0.4) is 0 Å². The lowest BCUT2D eigenvalue weighted by Crippen LogP contribution is -2.50. The normalized spacial score (nSPS) is 15.5. The Kier molecular flexibility index (Phi) is 21.6. The smallest absolute Gasteiger partial charge is 0.252 e. The summed E-state index contributed by atoms with van der Waals surface area (Å²) >= 11 is 0. The van der Waals surface area contributed by atoms with Crippen molar-refractivity contribution in [2.75, 3.05) is 39.3 Å². The summed E-state index contributed by atoms with van der Waals surface area (Å²) in [7, 11) is 0. The number of carbonyl (C=O) groups is 2. The number of allylic oxidation sites excluding steroid dienone is 12. The molecule has 0 saturated carbocycles. The molecule has 0 aromatic carbocycles. The number of carbonyl (C=O) groups excluding carboxylic acids is 2. The molecule has 3 N–H and O–H groups in total. The van der Waals surface area contributed by atoms with Gasteiger partial charge in [-0.2, -0.15) is 0 Å². The van der Waals surface area contributed by atoms with E-state index >= 15 is 0 Å². The SMILES string of the molecule is CC/C=C\C/C=C\C/C=C\C/C=C\C/C=C\C/C=C\CCC(=O)NCCC(CCNC(=O)c1cccnc1)N1CCNCC1. The van der Waals surface area contributed by atoms with Crippen molar-refractivity contribution in [2.45, 2.75) is 77.2 Å². The maximum atomic E-state index is 12.4. The predicted molar refractivity (Wildman–Crippen MR) is 184 cm³/mol. The van der Waals surface area contributed by atoms with Gasteiger partial charge in [0.1, 0.15) is 0 Å². The van der Waals surface area contributed by atoms with Gasteiger partial charge in [-0.3, -0.25) is 19.5 Å². The summed E-state index contributed by atoms with van der Waals surface area (Å²) in [5, 5.41) is 9.51. The quantitative estimate of drug-likeness (QED) is 0.133. The highest BCUT2D eigenvalue weighted by molar-refractivity contribution is 5.93. The number of nitrogens with one attached hydrogen (secondary N) is 3.